The molecule has 0 unspecified atom stereocenters. The largest absolute Gasteiger partial charge is 0.356 e. The van der Waals surface area contributed by atoms with Crippen LogP contribution >= 0.6 is 46.9 Å². The second-order valence-electron chi connectivity index (χ2n) is 6.42. The molecule has 0 atom stereocenters. The lowest BCUT2D eigenvalue weighted by Gasteiger charge is -2.27. The third-order valence-electron chi connectivity index (χ3n) is 3.94. The zero-order chi connectivity index (χ0) is 17.7. The van der Waals surface area contributed by atoms with E-state index in [1.165, 1.54) is 10.4 Å². The number of halogens is 2. The van der Waals surface area contributed by atoms with Gasteiger partial charge in [0.1, 0.15) is 0 Å². The van der Waals surface area contributed by atoms with Gasteiger partial charge in [-0.25, -0.2) is 4.98 Å². The van der Waals surface area contributed by atoms with Gasteiger partial charge in [0.25, 0.3) is 0 Å². The SMILES string of the molecule is CN=C(NCc1sc(C)nc1C)NCC(C)(C)c1cccc(Cl)c1.I. The zero-order valence-corrected chi connectivity index (χ0v) is 19.2. The number of guanidine groups is 1. The molecule has 1 aromatic carbocycles. The fourth-order valence-electron chi connectivity index (χ4n) is 2.44. The molecule has 0 saturated heterocycles. The van der Waals surface area contributed by atoms with E-state index in [-0.39, 0.29) is 29.4 Å². The van der Waals surface area contributed by atoms with Gasteiger partial charge in [0.05, 0.1) is 17.2 Å². The van der Waals surface area contributed by atoms with Crippen molar-refractivity contribution in [3.8, 4) is 0 Å². The second kappa shape index (κ2) is 9.73. The second-order valence-corrected chi connectivity index (χ2v) is 8.14. The molecule has 0 amide bonds. The van der Waals surface area contributed by atoms with Crippen molar-refractivity contribution in [2.24, 2.45) is 4.99 Å². The van der Waals surface area contributed by atoms with E-state index in [2.05, 4.69) is 40.5 Å². The Morgan fingerprint density at radius 3 is 2.56 bits per heavy atom. The quantitative estimate of drug-likeness (QED) is 0.362. The Morgan fingerprint density at radius 2 is 2.00 bits per heavy atom. The maximum absolute atomic E-state index is 6.11. The van der Waals surface area contributed by atoms with E-state index in [0.717, 1.165) is 34.8 Å². The van der Waals surface area contributed by atoms with E-state index in [0.29, 0.717) is 0 Å². The third kappa shape index (κ3) is 6.42. The van der Waals surface area contributed by atoms with E-state index >= 15 is 0 Å². The number of aryl methyl sites for hydroxylation is 2. The van der Waals surface area contributed by atoms with Gasteiger partial charge in [-0.2, -0.15) is 0 Å². The smallest absolute Gasteiger partial charge is 0.191 e. The average Bonchev–Trinajstić information content (AvgIpc) is 2.85. The molecular formula is C18H26ClIN4S. The first-order chi connectivity index (χ1) is 11.3. The van der Waals surface area contributed by atoms with Crippen LogP contribution in [0.25, 0.3) is 0 Å². The predicted octanol–water partition coefficient (Wildman–Crippen LogP) is 4.67. The number of rotatable bonds is 5. The molecular weight excluding hydrogens is 467 g/mol. The van der Waals surface area contributed by atoms with Crippen LogP contribution in [0.4, 0.5) is 0 Å². The Bertz CT molecular complexity index is 728. The number of benzene rings is 1. The van der Waals surface area contributed by atoms with E-state index in [1.807, 2.05) is 32.0 Å². The number of nitrogens with one attached hydrogen (secondary N) is 2. The summed E-state index contributed by atoms with van der Waals surface area (Å²) in [6.45, 7) is 9.94. The molecule has 1 aromatic heterocycles. The predicted molar refractivity (Wildman–Crippen MR) is 120 cm³/mol. The lowest BCUT2D eigenvalue weighted by Crippen LogP contribution is -2.43. The molecule has 0 radical (unpaired) electrons. The van der Waals surface area contributed by atoms with Gasteiger partial charge in [0.15, 0.2) is 5.96 Å². The van der Waals surface area contributed by atoms with Crippen molar-refractivity contribution in [2.45, 2.75) is 39.7 Å². The molecule has 0 saturated carbocycles. The molecule has 0 spiro atoms. The molecule has 0 aliphatic heterocycles. The van der Waals surface area contributed by atoms with Crippen LogP contribution in [0, 0.1) is 13.8 Å². The molecule has 25 heavy (non-hydrogen) atoms. The maximum atomic E-state index is 6.11. The first-order valence-electron chi connectivity index (χ1n) is 7.95. The molecule has 0 bridgehead atoms. The summed E-state index contributed by atoms with van der Waals surface area (Å²) >= 11 is 7.83. The van der Waals surface area contributed by atoms with E-state index in [4.69, 9.17) is 11.6 Å². The monoisotopic (exact) mass is 492 g/mol. The minimum Gasteiger partial charge on any atom is -0.356 e. The van der Waals surface area contributed by atoms with Crippen molar-refractivity contribution in [1.82, 2.24) is 15.6 Å². The summed E-state index contributed by atoms with van der Waals surface area (Å²) in [5, 5.41) is 8.62. The third-order valence-corrected chi connectivity index (χ3v) is 5.25. The Hall–Kier alpha value is -0.860. The molecule has 138 valence electrons. The standard InChI is InChI=1S/C18H25ClN4S.HI/c1-12-16(24-13(2)23-12)10-21-17(20-5)22-11-18(3,4)14-7-6-8-15(19)9-14;/h6-9H,10-11H2,1-5H3,(H2,20,21,22);1H. The van der Waals surface area contributed by atoms with Crippen molar-refractivity contribution in [3.05, 3.63) is 50.4 Å². The zero-order valence-electron chi connectivity index (χ0n) is 15.3. The highest BCUT2D eigenvalue weighted by Crippen LogP contribution is 2.24. The van der Waals surface area contributed by atoms with Gasteiger partial charge in [-0.3, -0.25) is 4.99 Å². The Labute approximate surface area is 176 Å². The van der Waals surface area contributed by atoms with E-state index in [9.17, 15) is 0 Å². The van der Waals surface area contributed by atoms with Crippen molar-refractivity contribution in [2.75, 3.05) is 13.6 Å². The summed E-state index contributed by atoms with van der Waals surface area (Å²) in [6, 6.07) is 8.01. The summed E-state index contributed by atoms with van der Waals surface area (Å²) in [5.74, 6) is 0.788. The van der Waals surface area contributed by atoms with Gasteiger partial charge in [0.2, 0.25) is 0 Å². The van der Waals surface area contributed by atoms with Crippen molar-refractivity contribution in [1.29, 1.82) is 0 Å². The number of hydrogen-bond acceptors (Lipinski definition) is 3. The maximum Gasteiger partial charge on any atom is 0.191 e. The fourth-order valence-corrected chi connectivity index (χ4v) is 3.51. The normalized spacial score (nSPS) is 11.8. The summed E-state index contributed by atoms with van der Waals surface area (Å²) in [6.07, 6.45) is 0. The summed E-state index contributed by atoms with van der Waals surface area (Å²) in [7, 11) is 1.78. The highest BCUT2D eigenvalue weighted by Gasteiger charge is 2.21. The molecule has 2 aromatic rings. The van der Waals surface area contributed by atoms with Crippen LogP contribution in [0.15, 0.2) is 29.3 Å². The molecule has 0 fully saturated rings. The number of hydrogen-bond donors (Lipinski definition) is 2. The topological polar surface area (TPSA) is 49.3 Å². The Kier molecular flexibility index (Phi) is 8.63. The van der Waals surface area contributed by atoms with Crippen LogP contribution in [0.2, 0.25) is 5.02 Å². The number of thiazole rings is 1. The molecule has 0 aliphatic rings. The first kappa shape index (κ1) is 22.2. The average molecular weight is 493 g/mol. The van der Waals surface area contributed by atoms with Gasteiger partial charge in [-0.05, 0) is 31.5 Å². The van der Waals surface area contributed by atoms with Crippen LogP contribution in [-0.2, 0) is 12.0 Å². The molecule has 7 heteroatoms. The lowest BCUT2D eigenvalue weighted by molar-refractivity contribution is 0.508. The van der Waals surface area contributed by atoms with E-state index < -0.39 is 0 Å². The number of aromatic nitrogens is 1. The molecule has 0 aliphatic carbocycles. The lowest BCUT2D eigenvalue weighted by atomic mass is 9.84. The van der Waals surface area contributed by atoms with E-state index in [1.54, 1.807) is 18.4 Å². The minimum atomic E-state index is -0.0560. The summed E-state index contributed by atoms with van der Waals surface area (Å²) in [4.78, 5) is 10.0. The van der Waals surface area contributed by atoms with Crippen LogP contribution in [-0.4, -0.2) is 24.5 Å². The molecule has 2 rings (SSSR count). The molecule has 4 nitrogen and oxygen atoms in total. The Balaban J connectivity index is 0.00000312. The van der Waals surface area contributed by atoms with Gasteiger partial charge < -0.3 is 10.6 Å². The van der Waals surface area contributed by atoms with Crippen molar-refractivity contribution >= 4 is 52.9 Å². The highest BCUT2D eigenvalue weighted by molar-refractivity contribution is 14.0. The Morgan fingerprint density at radius 1 is 1.28 bits per heavy atom. The van der Waals surface area contributed by atoms with Gasteiger partial charge in [0, 0.05) is 28.9 Å². The van der Waals surface area contributed by atoms with Crippen molar-refractivity contribution in [3.63, 3.8) is 0 Å². The van der Waals surface area contributed by atoms with Crippen LogP contribution in [0.3, 0.4) is 0 Å². The van der Waals surface area contributed by atoms with Crippen LogP contribution < -0.4 is 10.6 Å². The van der Waals surface area contributed by atoms with Gasteiger partial charge >= 0.3 is 0 Å². The molecule has 1 heterocycles. The van der Waals surface area contributed by atoms with Gasteiger partial charge in [-0.15, -0.1) is 35.3 Å². The fraction of sp³-hybridized carbons (Fsp3) is 0.444. The van der Waals surface area contributed by atoms with Crippen LogP contribution in [0.5, 0.6) is 0 Å². The van der Waals surface area contributed by atoms with Crippen LogP contribution in [0.1, 0.15) is 35.0 Å². The number of aliphatic imine (C=N–C) groups is 1. The first-order valence-corrected chi connectivity index (χ1v) is 9.15. The summed E-state index contributed by atoms with van der Waals surface area (Å²) < 4.78 is 0. The molecule has 2 N–H and O–H groups in total. The highest BCUT2D eigenvalue weighted by atomic mass is 127. The van der Waals surface area contributed by atoms with Gasteiger partial charge in [-0.1, -0.05) is 37.6 Å². The number of nitrogens with zero attached hydrogens (tertiary/aromatic N) is 2. The van der Waals surface area contributed by atoms with Crippen molar-refractivity contribution < 1.29 is 0 Å². The summed E-state index contributed by atoms with van der Waals surface area (Å²) in [5.41, 5.74) is 2.23. The minimum absolute atomic E-state index is 0.